The van der Waals surface area contributed by atoms with Crippen molar-refractivity contribution in [2.24, 2.45) is 28.6 Å². The van der Waals surface area contributed by atoms with Crippen molar-refractivity contribution in [3.8, 4) is 0 Å². The van der Waals surface area contributed by atoms with Gasteiger partial charge in [-0.05, 0) is 73.5 Å². The highest BCUT2D eigenvalue weighted by Crippen LogP contribution is 2.67. The van der Waals surface area contributed by atoms with Crippen LogP contribution in [0.3, 0.4) is 0 Å². The van der Waals surface area contributed by atoms with Crippen molar-refractivity contribution in [3.05, 3.63) is 11.6 Å². The predicted octanol–water partition coefficient (Wildman–Crippen LogP) is 4.57. The van der Waals surface area contributed by atoms with Gasteiger partial charge >= 0.3 is 11.9 Å². The SMILES string of the molecule is CC(=O)OCC[C@]1(O)CC[C@H]2[C@@H]3CC=C4C[C@H](OC(C)=O)CC[C@]4(C)[C@H]3CC[C@@]21C. The summed E-state index contributed by atoms with van der Waals surface area (Å²) >= 11 is 0. The molecule has 0 aromatic carbocycles. The zero-order chi connectivity index (χ0) is 21.7. The summed E-state index contributed by atoms with van der Waals surface area (Å²) in [6.07, 6.45) is 11.0. The Hall–Kier alpha value is -1.36. The highest BCUT2D eigenvalue weighted by Gasteiger charge is 2.63. The van der Waals surface area contributed by atoms with E-state index in [1.54, 1.807) is 0 Å². The third kappa shape index (κ3) is 3.41. The molecule has 0 aromatic rings. The van der Waals surface area contributed by atoms with Gasteiger partial charge in [0.25, 0.3) is 0 Å². The minimum absolute atomic E-state index is 0.0325. The van der Waals surface area contributed by atoms with E-state index < -0.39 is 5.60 Å². The second-order valence-corrected chi connectivity index (χ2v) is 10.9. The highest BCUT2D eigenvalue weighted by atomic mass is 16.5. The van der Waals surface area contributed by atoms with E-state index >= 15 is 0 Å². The lowest BCUT2D eigenvalue weighted by Crippen LogP contribution is -2.55. The van der Waals surface area contributed by atoms with Crippen molar-refractivity contribution in [2.75, 3.05) is 6.61 Å². The van der Waals surface area contributed by atoms with E-state index in [-0.39, 0.29) is 28.9 Å². The maximum absolute atomic E-state index is 11.6. The monoisotopic (exact) mass is 418 g/mol. The standard InChI is InChI=1S/C25H38O5/c1-16(26)29-14-13-25(28)12-9-22-20-6-5-18-15-19(30-17(2)27)7-10-23(18,3)21(20)8-11-24(22,25)4/h5,19-22,28H,6-15H2,1-4H3/t19-,20-,21+,22+,23+,24+,25-/m1/s1. The summed E-state index contributed by atoms with van der Waals surface area (Å²) < 4.78 is 10.7. The average molecular weight is 419 g/mol. The number of esters is 2. The van der Waals surface area contributed by atoms with Gasteiger partial charge in [0.15, 0.2) is 0 Å². The molecule has 0 radical (unpaired) electrons. The molecule has 4 aliphatic carbocycles. The number of ether oxygens (including phenoxy) is 2. The lowest BCUT2D eigenvalue weighted by molar-refractivity contribution is -0.152. The molecular weight excluding hydrogens is 380 g/mol. The maximum atomic E-state index is 11.6. The lowest BCUT2D eigenvalue weighted by atomic mass is 9.47. The molecule has 0 unspecified atom stereocenters. The van der Waals surface area contributed by atoms with Crippen LogP contribution < -0.4 is 0 Å². The van der Waals surface area contributed by atoms with Gasteiger partial charge in [-0.2, -0.15) is 0 Å². The van der Waals surface area contributed by atoms with Crippen LogP contribution in [0.15, 0.2) is 11.6 Å². The largest absolute Gasteiger partial charge is 0.466 e. The first kappa shape index (κ1) is 21.9. The number of rotatable bonds is 4. The van der Waals surface area contributed by atoms with Crippen LogP contribution >= 0.6 is 0 Å². The van der Waals surface area contributed by atoms with E-state index in [2.05, 4.69) is 19.9 Å². The number of carbonyl (C=O) groups is 2. The van der Waals surface area contributed by atoms with Crippen LogP contribution in [0.1, 0.15) is 85.5 Å². The van der Waals surface area contributed by atoms with Crippen LogP contribution in [0, 0.1) is 28.6 Å². The number of hydrogen-bond acceptors (Lipinski definition) is 5. The quantitative estimate of drug-likeness (QED) is 0.535. The Morgan fingerprint density at radius 2 is 1.80 bits per heavy atom. The Morgan fingerprint density at radius 1 is 1.07 bits per heavy atom. The van der Waals surface area contributed by atoms with Gasteiger partial charge in [0.1, 0.15) is 6.10 Å². The lowest BCUT2D eigenvalue weighted by Gasteiger charge is -2.59. The van der Waals surface area contributed by atoms with E-state index in [4.69, 9.17) is 9.47 Å². The first-order chi connectivity index (χ1) is 14.1. The molecule has 30 heavy (non-hydrogen) atoms. The number of carbonyl (C=O) groups excluding carboxylic acids is 2. The van der Waals surface area contributed by atoms with Crippen molar-refractivity contribution in [1.29, 1.82) is 0 Å². The topological polar surface area (TPSA) is 72.8 Å². The molecule has 0 amide bonds. The third-order valence-electron chi connectivity index (χ3n) is 9.53. The molecule has 0 bridgehead atoms. The molecular formula is C25H38O5. The number of allylic oxidation sites excluding steroid dienone is 1. The van der Waals surface area contributed by atoms with Gasteiger partial charge in [0.05, 0.1) is 12.2 Å². The Bertz CT molecular complexity index is 744. The summed E-state index contributed by atoms with van der Waals surface area (Å²) in [6.45, 7) is 7.96. The fourth-order valence-corrected chi connectivity index (χ4v) is 7.85. The van der Waals surface area contributed by atoms with Crippen molar-refractivity contribution in [1.82, 2.24) is 0 Å². The normalized spacial score (nSPS) is 44.9. The van der Waals surface area contributed by atoms with Crippen molar-refractivity contribution in [2.45, 2.75) is 97.2 Å². The molecule has 0 aliphatic heterocycles. The van der Waals surface area contributed by atoms with Gasteiger partial charge in [-0.1, -0.05) is 25.5 Å². The zero-order valence-electron chi connectivity index (χ0n) is 19.0. The van der Waals surface area contributed by atoms with Gasteiger partial charge in [0, 0.05) is 26.7 Å². The van der Waals surface area contributed by atoms with Crippen molar-refractivity contribution < 1.29 is 24.2 Å². The average Bonchev–Trinajstić information content (AvgIpc) is 2.93. The summed E-state index contributed by atoms with van der Waals surface area (Å²) in [7, 11) is 0. The summed E-state index contributed by atoms with van der Waals surface area (Å²) in [5, 5.41) is 11.6. The van der Waals surface area contributed by atoms with Gasteiger partial charge in [0.2, 0.25) is 0 Å². The van der Waals surface area contributed by atoms with Gasteiger partial charge in [-0.15, -0.1) is 0 Å². The molecule has 0 aromatic heterocycles. The van der Waals surface area contributed by atoms with Crippen LogP contribution in [0.25, 0.3) is 0 Å². The van der Waals surface area contributed by atoms with E-state index in [0.717, 1.165) is 51.4 Å². The smallest absolute Gasteiger partial charge is 0.302 e. The predicted molar refractivity (Wildman–Crippen MR) is 113 cm³/mol. The molecule has 1 N–H and O–H groups in total. The first-order valence-corrected chi connectivity index (χ1v) is 11.8. The second kappa shape index (κ2) is 7.65. The van der Waals surface area contributed by atoms with Crippen LogP contribution in [0.2, 0.25) is 0 Å². The molecule has 4 rings (SSSR count). The van der Waals surface area contributed by atoms with E-state index in [0.29, 0.717) is 30.8 Å². The van der Waals surface area contributed by atoms with Crippen molar-refractivity contribution in [3.63, 3.8) is 0 Å². The molecule has 0 saturated heterocycles. The number of hydrogen-bond donors (Lipinski definition) is 1. The minimum Gasteiger partial charge on any atom is -0.466 e. The molecule has 3 saturated carbocycles. The van der Waals surface area contributed by atoms with Gasteiger partial charge < -0.3 is 14.6 Å². The summed E-state index contributed by atoms with van der Waals surface area (Å²) in [5.74, 6) is 1.31. The Labute approximate surface area is 180 Å². The fourth-order valence-electron chi connectivity index (χ4n) is 7.85. The molecule has 7 atom stereocenters. The Balaban J connectivity index is 1.52. The zero-order valence-corrected chi connectivity index (χ0v) is 19.0. The first-order valence-electron chi connectivity index (χ1n) is 11.8. The van der Waals surface area contributed by atoms with E-state index in [1.165, 1.54) is 19.4 Å². The second-order valence-electron chi connectivity index (χ2n) is 10.9. The molecule has 5 heteroatoms. The highest BCUT2D eigenvalue weighted by molar-refractivity contribution is 5.66. The summed E-state index contributed by atoms with van der Waals surface area (Å²) in [4.78, 5) is 22.6. The van der Waals surface area contributed by atoms with Crippen LogP contribution in [0.4, 0.5) is 0 Å². The number of aliphatic hydroxyl groups is 1. The third-order valence-corrected chi connectivity index (χ3v) is 9.53. The van der Waals surface area contributed by atoms with Gasteiger partial charge in [-0.3, -0.25) is 9.59 Å². The maximum Gasteiger partial charge on any atom is 0.302 e. The molecule has 0 heterocycles. The molecule has 5 nitrogen and oxygen atoms in total. The molecule has 0 spiro atoms. The molecule has 3 fully saturated rings. The van der Waals surface area contributed by atoms with Crippen LogP contribution in [-0.2, 0) is 19.1 Å². The Morgan fingerprint density at radius 3 is 2.50 bits per heavy atom. The summed E-state index contributed by atoms with van der Waals surface area (Å²) in [5.41, 5.74) is 0.841. The number of fused-ring (bicyclic) bond motifs is 5. The Kier molecular flexibility index (Phi) is 5.57. The van der Waals surface area contributed by atoms with Crippen LogP contribution in [-0.4, -0.2) is 35.4 Å². The van der Waals surface area contributed by atoms with E-state index in [9.17, 15) is 14.7 Å². The molecule has 4 aliphatic rings. The minimum atomic E-state index is -0.740. The summed E-state index contributed by atoms with van der Waals surface area (Å²) in [6, 6.07) is 0. The van der Waals surface area contributed by atoms with Gasteiger partial charge in [-0.25, -0.2) is 0 Å². The van der Waals surface area contributed by atoms with Crippen LogP contribution in [0.5, 0.6) is 0 Å². The fraction of sp³-hybridized carbons (Fsp3) is 0.840. The molecule has 168 valence electrons. The van der Waals surface area contributed by atoms with Crippen molar-refractivity contribution >= 4 is 11.9 Å². The van der Waals surface area contributed by atoms with E-state index in [1.807, 2.05) is 0 Å².